The monoisotopic (exact) mass is 499 g/mol. The SMILES string of the molecule is COC(=O)C1(COc2ccc(-c3ccc(NC(=O)Nc4cc(Cl)ccc4Cl)cc3)cn2)CCC1. The minimum atomic E-state index is -0.553. The third-order valence-electron chi connectivity index (χ3n) is 5.81. The summed E-state index contributed by atoms with van der Waals surface area (Å²) in [6, 6.07) is 15.4. The summed E-state index contributed by atoms with van der Waals surface area (Å²) in [5.74, 6) is 0.224. The zero-order chi connectivity index (χ0) is 24.1. The average molecular weight is 500 g/mol. The lowest BCUT2D eigenvalue weighted by atomic mass is 9.69. The van der Waals surface area contributed by atoms with Gasteiger partial charge in [0.05, 0.1) is 17.8 Å². The van der Waals surface area contributed by atoms with Gasteiger partial charge in [-0.2, -0.15) is 0 Å². The molecule has 0 atom stereocenters. The number of esters is 1. The Morgan fingerprint density at radius 2 is 1.74 bits per heavy atom. The van der Waals surface area contributed by atoms with Crippen LogP contribution in [0.25, 0.3) is 11.1 Å². The topological polar surface area (TPSA) is 89.5 Å². The van der Waals surface area contributed by atoms with Crippen molar-refractivity contribution in [1.82, 2.24) is 4.98 Å². The van der Waals surface area contributed by atoms with Gasteiger partial charge >= 0.3 is 12.0 Å². The van der Waals surface area contributed by atoms with Crippen LogP contribution in [0, 0.1) is 5.41 Å². The summed E-state index contributed by atoms with van der Waals surface area (Å²) in [7, 11) is 1.40. The van der Waals surface area contributed by atoms with Crippen LogP contribution < -0.4 is 15.4 Å². The Bertz CT molecular complexity index is 1180. The number of benzene rings is 2. The van der Waals surface area contributed by atoms with E-state index in [4.69, 9.17) is 32.7 Å². The number of nitrogens with one attached hydrogen (secondary N) is 2. The molecule has 2 N–H and O–H groups in total. The molecule has 34 heavy (non-hydrogen) atoms. The van der Waals surface area contributed by atoms with Gasteiger partial charge in [0.25, 0.3) is 0 Å². The number of hydrogen-bond acceptors (Lipinski definition) is 5. The highest BCUT2D eigenvalue weighted by Crippen LogP contribution is 2.42. The Hall–Kier alpha value is -3.29. The molecule has 2 aromatic carbocycles. The number of aromatic nitrogens is 1. The van der Waals surface area contributed by atoms with E-state index in [0.29, 0.717) is 27.3 Å². The zero-order valence-electron chi connectivity index (χ0n) is 18.4. The van der Waals surface area contributed by atoms with Crippen molar-refractivity contribution in [2.45, 2.75) is 19.3 Å². The summed E-state index contributed by atoms with van der Waals surface area (Å²) in [4.78, 5) is 28.7. The molecule has 0 saturated heterocycles. The second-order valence-electron chi connectivity index (χ2n) is 8.08. The van der Waals surface area contributed by atoms with Crippen LogP contribution >= 0.6 is 23.2 Å². The van der Waals surface area contributed by atoms with Gasteiger partial charge in [-0.1, -0.05) is 41.8 Å². The van der Waals surface area contributed by atoms with Crippen LogP contribution in [0.15, 0.2) is 60.8 Å². The molecule has 1 fully saturated rings. The van der Waals surface area contributed by atoms with Crippen molar-refractivity contribution in [2.75, 3.05) is 24.4 Å². The highest BCUT2D eigenvalue weighted by atomic mass is 35.5. The van der Waals surface area contributed by atoms with E-state index in [0.717, 1.165) is 30.4 Å². The molecule has 1 heterocycles. The number of amides is 2. The Morgan fingerprint density at radius 1 is 1.00 bits per heavy atom. The van der Waals surface area contributed by atoms with E-state index in [1.54, 1.807) is 42.6 Å². The molecule has 0 aliphatic heterocycles. The number of pyridine rings is 1. The van der Waals surface area contributed by atoms with Gasteiger partial charge in [0.2, 0.25) is 5.88 Å². The maximum Gasteiger partial charge on any atom is 0.323 e. The molecule has 2 amide bonds. The van der Waals surface area contributed by atoms with Crippen molar-refractivity contribution in [2.24, 2.45) is 5.41 Å². The fourth-order valence-electron chi connectivity index (χ4n) is 3.70. The third-order valence-corrected chi connectivity index (χ3v) is 6.38. The molecular weight excluding hydrogens is 477 g/mol. The molecule has 1 aliphatic rings. The van der Waals surface area contributed by atoms with Crippen LogP contribution in [0.1, 0.15) is 19.3 Å². The molecule has 0 radical (unpaired) electrons. The Morgan fingerprint density at radius 3 is 2.35 bits per heavy atom. The number of urea groups is 1. The van der Waals surface area contributed by atoms with E-state index < -0.39 is 11.4 Å². The number of ether oxygens (including phenoxy) is 2. The van der Waals surface area contributed by atoms with Crippen LogP contribution in [0.3, 0.4) is 0 Å². The summed E-state index contributed by atoms with van der Waals surface area (Å²) >= 11 is 12.0. The van der Waals surface area contributed by atoms with Crippen molar-refractivity contribution < 1.29 is 19.1 Å². The first-order valence-corrected chi connectivity index (χ1v) is 11.4. The molecule has 9 heteroatoms. The molecule has 176 valence electrons. The van der Waals surface area contributed by atoms with Crippen molar-refractivity contribution in [1.29, 1.82) is 0 Å². The van der Waals surface area contributed by atoms with E-state index in [1.807, 2.05) is 18.2 Å². The van der Waals surface area contributed by atoms with Crippen LogP contribution in [-0.4, -0.2) is 30.7 Å². The highest BCUT2D eigenvalue weighted by Gasteiger charge is 2.46. The van der Waals surface area contributed by atoms with Gasteiger partial charge in [0.1, 0.15) is 12.0 Å². The molecule has 1 saturated carbocycles. The Labute approximate surface area is 207 Å². The van der Waals surface area contributed by atoms with Crippen LogP contribution in [0.5, 0.6) is 5.88 Å². The summed E-state index contributed by atoms with van der Waals surface area (Å²) in [6.45, 7) is 0.259. The molecule has 3 aromatic rings. The van der Waals surface area contributed by atoms with E-state index in [2.05, 4.69) is 15.6 Å². The van der Waals surface area contributed by atoms with Crippen LogP contribution in [-0.2, 0) is 9.53 Å². The number of hydrogen-bond donors (Lipinski definition) is 2. The summed E-state index contributed by atoms with van der Waals surface area (Å²) in [5, 5.41) is 6.29. The van der Waals surface area contributed by atoms with Crippen molar-refractivity contribution >= 4 is 46.6 Å². The Balaban J connectivity index is 1.34. The molecule has 1 aromatic heterocycles. The minimum absolute atomic E-state index is 0.228. The number of carbonyl (C=O) groups excluding carboxylic acids is 2. The first-order valence-electron chi connectivity index (χ1n) is 10.7. The number of carbonyl (C=O) groups is 2. The fraction of sp³-hybridized carbons (Fsp3) is 0.240. The van der Waals surface area contributed by atoms with Crippen molar-refractivity contribution in [3.63, 3.8) is 0 Å². The number of nitrogens with zero attached hydrogens (tertiary/aromatic N) is 1. The maximum absolute atomic E-state index is 12.3. The number of anilines is 2. The van der Waals surface area contributed by atoms with E-state index in [1.165, 1.54) is 7.11 Å². The minimum Gasteiger partial charge on any atom is -0.476 e. The standard InChI is InChI=1S/C25H23Cl2N3O4/c1-33-23(31)25(11-2-12-25)15-34-22-10-5-17(14-28-22)16-3-7-19(8-4-16)29-24(32)30-21-13-18(26)6-9-20(21)27/h3-10,13-14H,2,11-12,15H2,1H3,(H2,29,30,32). The third kappa shape index (κ3) is 5.43. The smallest absolute Gasteiger partial charge is 0.323 e. The predicted octanol–water partition coefficient (Wildman–Crippen LogP) is 6.42. The summed E-state index contributed by atoms with van der Waals surface area (Å²) in [6.07, 6.45) is 4.23. The molecule has 7 nitrogen and oxygen atoms in total. The quantitative estimate of drug-likeness (QED) is 0.366. The number of methoxy groups -OCH3 is 1. The van der Waals surface area contributed by atoms with Gasteiger partial charge in [0, 0.05) is 28.5 Å². The van der Waals surface area contributed by atoms with Crippen LogP contribution in [0.4, 0.5) is 16.2 Å². The van der Waals surface area contributed by atoms with Gasteiger partial charge in [-0.15, -0.1) is 0 Å². The van der Waals surface area contributed by atoms with Gasteiger partial charge in [-0.05, 0) is 54.8 Å². The van der Waals surface area contributed by atoms with E-state index in [-0.39, 0.29) is 12.6 Å². The molecule has 0 spiro atoms. The van der Waals surface area contributed by atoms with E-state index >= 15 is 0 Å². The molecule has 0 unspecified atom stereocenters. The largest absolute Gasteiger partial charge is 0.476 e. The Kier molecular flexibility index (Phi) is 7.24. The normalized spacial score (nSPS) is 14.0. The van der Waals surface area contributed by atoms with Gasteiger partial charge in [0.15, 0.2) is 0 Å². The first-order chi connectivity index (χ1) is 16.4. The first kappa shape index (κ1) is 23.9. The maximum atomic E-state index is 12.3. The molecular formula is C25H23Cl2N3O4. The lowest BCUT2D eigenvalue weighted by molar-refractivity contribution is -0.161. The molecule has 0 bridgehead atoms. The lowest BCUT2D eigenvalue weighted by Gasteiger charge is -2.38. The summed E-state index contributed by atoms with van der Waals surface area (Å²) in [5.41, 5.74) is 2.29. The van der Waals surface area contributed by atoms with Gasteiger partial charge < -0.3 is 20.1 Å². The summed E-state index contributed by atoms with van der Waals surface area (Å²) < 4.78 is 10.7. The number of rotatable bonds is 7. The van der Waals surface area contributed by atoms with E-state index in [9.17, 15) is 9.59 Å². The van der Waals surface area contributed by atoms with Crippen molar-refractivity contribution in [3.8, 4) is 17.0 Å². The fourth-order valence-corrected chi connectivity index (χ4v) is 4.04. The second-order valence-corrected chi connectivity index (χ2v) is 8.92. The molecule has 1 aliphatic carbocycles. The highest BCUT2D eigenvalue weighted by molar-refractivity contribution is 6.35. The predicted molar refractivity (Wildman–Crippen MR) is 133 cm³/mol. The van der Waals surface area contributed by atoms with Gasteiger partial charge in [-0.25, -0.2) is 9.78 Å². The second kappa shape index (κ2) is 10.3. The van der Waals surface area contributed by atoms with Gasteiger partial charge in [-0.3, -0.25) is 4.79 Å². The lowest BCUT2D eigenvalue weighted by Crippen LogP contribution is -2.44. The van der Waals surface area contributed by atoms with Crippen molar-refractivity contribution in [3.05, 3.63) is 70.8 Å². The average Bonchev–Trinajstić information content (AvgIpc) is 2.81. The van der Waals surface area contributed by atoms with Crippen LogP contribution in [0.2, 0.25) is 10.0 Å². The number of halogens is 2. The molecule has 4 rings (SSSR count). The zero-order valence-corrected chi connectivity index (χ0v) is 19.9.